The van der Waals surface area contributed by atoms with Crippen molar-refractivity contribution >= 4 is 27.7 Å². The van der Waals surface area contributed by atoms with E-state index >= 15 is 4.39 Å². The van der Waals surface area contributed by atoms with E-state index in [1.807, 2.05) is 40.8 Å². The lowest BCUT2D eigenvalue weighted by Crippen LogP contribution is -2.55. The average molecular weight is 595 g/mol. The molecular weight excluding hydrogens is 547 g/mol. The van der Waals surface area contributed by atoms with Gasteiger partial charge >= 0.3 is 6.09 Å². The van der Waals surface area contributed by atoms with Crippen LogP contribution in [0.25, 0.3) is 11.3 Å². The summed E-state index contributed by atoms with van der Waals surface area (Å²) in [6.07, 6.45) is 8.68. The Hall–Kier alpha value is -2.63. The molecule has 3 heterocycles. The molecule has 2 aliphatic rings. The Kier molecular flexibility index (Phi) is 10.9. The van der Waals surface area contributed by atoms with Crippen LogP contribution >= 0.6 is 10.0 Å². The maximum Gasteiger partial charge on any atom is 0.410 e. The van der Waals surface area contributed by atoms with Gasteiger partial charge in [-0.15, -0.1) is 0 Å². The first-order chi connectivity index (χ1) is 19.2. The summed E-state index contributed by atoms with van der Waals surface area (Å²) in [7, 11) is 0.998. The molecule has 0 unspecified atom stereocenters. The number of amides is 2. The Balaban J connectivity index is 0.00000226. The SMILES string of the molecule is CC.CN1C(=O)CCc2c1ccc(-c1nn(COCCS(C)(C)C)cc1COC1CN(C(=O)OC(C)(C)C)C1)c2F. The van der Waals surface area contributed by atoms with Crippen molar-refractivity contribution in [2.75, 3.05) is 56.2 Å². The molecule has 1 fully saturated rings. The van der Waals surface area contributed by atoms with Crippen molar-refractivity contribution in [2.24, 2.45) is 0 Å². The van der Waals surface area contributed by atoms with Gasteiger partial charge in [0.15, 0.2) is 0 Å². The summed E-state index contributed by atoms with van der Waals surface area (Å²) in [5, 5.41) is 4.68. The van der Waals surface area contributed by atoms with Gasteiger partial charge in [-0.1, -0.05) is 13.8 Å². The van der Waals surface area contributed by atoms with Crippen LogP contribution in [0.1, 0.15) is 52.2 Å². The number of carbonyl (C=O) groups excluding carboxylic acids is 2. The molecule has 2 amide bonds. The van der Waals surface area contributed by atoms with Crippen molar-refractivity contribution in [1.29, 1.82) is 0 Å². The number of fused-ring (bicyclic) bond motifs is 1. The second-order valence-electron chi connectivity index (χ2n) is 12.1. The van der Waals surface area contributed by atoms with Crippen LogP contribution in [0, 0.1) is 5.82 Å². The number of hydrogen-bond acceptors (Lipinski definition) is 6. The largest absolute Gasteiger partial charge is 0.444 e. The molecule has 1 aromatic carbocycles. The number of benzene rings is 1. The van der Waals surface area contributed by atoms with Gasteiger partial charge in [0, 0.05) is 47.8 Å². The van der Waals surface area contributed by atoms with E-state index in [1.54, 1.807) is 28.8 Å². The summed E-state index contributed by atoms with van der Waals surface area (Å²) in [5.74, 6) is 0.594. The molecule has 0 spiro atoms. The minimum absolute atomic E-state index is 0.0248. The number of halogens is 1. The number of hydrogen-bond donors (Lipinski definition) is 0. The van der Waals surface area contributed by atoms with E-state index in [0.29, 0.717) is 48.6 Å². The van der Waals surface area contributed by atoms with Gasteiger partial charge in [0.2, 0.25) is 5.91 Å². The lowest BCUT2D eigenvalue weighted by atomic mass is 9.96. The molecule has 4 rings (SSSR count). The molecule has 0 aliphatic carbocycles. The third-order valence-electron chi connectivity index (χ3n) is 6.67. The fraction of sp³-hybridized carbons (Fsp3) is 0.633. The van der Waals surface area contributed by atoms with Gasteiger partial charge < -0.3 is 24.0 Å². The maximum absolute atomic E-state index is 15.8. The molecule has 2 aliphatic heterocycles. The lowest BCUT2D eigenvalue weighted by Gasteiger charge is -2.39. The van der Waals surface area contributed by atoms with E-state index in [9.17, 15) is 9.59 Å². The summed E-state index contributed by atoms with van der Waals surface area (Å²) in [5.41, 5.74) is 2.15. The highest BCUT2D eigenvalue weighted by molar-refractivity contribution is 8.32. The predicted molar refractivity (Wildman–Crippen MR) is 163 cm³/mol. The fourth-order valence-corrected chi connectivity index (χ4v) is 5.05. The van der Waals surface area contributed by atoms with Crippen molar-refractivity contribution in [2.45, 2.75) is 72.5 Å². The van der Waals surface area contributed by atoms with Gasteiger partial charge in [0.25, 0.3) is 0 Å². The molecule has 9 nitrogen and oxygen atoms in total. The van der Waals surface area contributed by atoms with Crippen LogP contribution in [-0.4, -0.2) is 89.7 Å². The Bertz CT molecular complexity index is 1210. The minimum atomic E-state index is -0.672. The zero-order valence-electron chi connectivity index (χ0n) is 26.1. The fourth-order valence-electron chi connectivity index (χ4n) is 4.43. The van der Waals surface area contributed by atoms with Crippen molar-refractivity contribution in [3.05, 3.63) is 35.3 Å². The molecule has 11 heteroatoms. The standard InChI is InChI=1S/C28H41FN4O5S.C2H6/c1-28(2,3)38-27(35)32-15-20(16-32)37-17-19-14-33(18-36-12-13-39(5,6)7)30-26(19)22-8-10-23-21(25(22)29)9-11-24(34)31(23)4;1-2/h8,10,14,20H,9,11-13,15-18H2,1-7H3;1-2H3. The molecule has 0 bridgehead atoms. The highest BCUT2D eigenvalue weighted by Gasteiger charge is 2.35. The zero-order chi connectivity index (χ0) is 30.5. The quantitative estimate of drug-likeness (QED) is 0.360. The van der Waals surface area contributed by atoms with Gasteiger partial charge in [0.1, 0.15) is 23.8 Å². The first-order valence-electron chi connectivity index (χ1n) is 14.2. The third kappa shape index (κ3) is 8.68. The number of aromatic nitrogens is 2. The van der Waals surface area contributed by atoms with Crippen LogP contribution in [0.2, 0.25) is 0 Å². The molecule has 230 valence electrons. The Morgan fingerprint density at radius 2 is 1.83 bits per heavy atom. The summed E-state index contributed by atoms with van der Waals surface area (Å²) in [6, 6.07) is 3.46. The van der Waals surface area contributed by atoms with Crippen LogP contribution in [0.4, 0.5) is 14.9 Å². The molecule has 2 aromatic rings. The first kappa shape index (κ1) is 32.9. The Morgan fingerprint density at radius 3 is 2.46 bits per heavy atom. The van der Waals surface area contributed by atoms with E-state index < -0.39 is 15.6 Å². The maximum atomic E-state index is 15.8. The second-order valence-corrected chi connectivity index (χ2v) is 16.7. The van der Waals surface area contributed by atoms with E-state index in [2.05, 4.69) is 23.9 Å². The summed E-state index contributed by atoms with van der Waals surface area (Å²) in [6.45, 7) is 11.5. The number of nitrogens with zero attached hydrogens (tertiary/aromatic N) is 4. The van der Waals surface area contributed by atoms with E-state index in [1.165, 1.54) is 4.90 Å². The minimum Gasteiger partial charge on any atom is -0.444 e. The van der Waals surface area contributed by atoms with Crippen LogP contribution in [0.5, 0.6) is 0 Å². The van der Waals surface area contributed by atoms with Crippen molar-refractivity contribution in [1.82, 2.24) is 14.7 Å². The van der Waals surface area contributed by atoms with Gasteiger partial charge in [0.05, 0.1) is 32.4 Å². The topological polar surface area (TPSA) is 86.1 Å². The summed E-state index contributed by atoms with van der Waals surface area (Å²) in [4.78, 5) is 27.5. The number of anilines is 1. The van der Waals surface area contributed by atoms with Gasteiger partial charge in [-0.2, -0.15) is 5.10 Å². The molecule has 0 N–H and O–H groups in total. The Labute approximate surface area is 245 Å². The molecule has 1 saturated heterocycles. The molecule has 0 atom stereocenters. The smallest absolute Gasteiger partial charge is 0.410 e. The van der Waals surface area contributed by atoms with E-state index in [0.717, 1.165) is 11.3 Å². The van der Waals surface area contributed by atoms with Gasteiger partial charge in [-0.3, -0.25) is 4.79 Å². The second kappa shape index (κ2) is 13.6. The lowest BCUT2D eigenvalue weighted by molar-refractivity contribution is -0.118. The van der Waals surface area contributed by atoms with Crippen LogP contribution in [0.3, 0.4) is 0 Å². The monoisotopic (exact) mass is 594 g/mol. The summed E-state index contributed by atoms with van der Waals surface area (Å²) >= 11 is 0. The van der Waals surface area contributed by atoms with Crippen molar-refractivity contribution in [3.8, 4) is 11.3 Å². The molecular formula is C30H47FN4O5S. The van der Waals surface area contributed by atoms with Gasteiger partial charge in [-0.25, -0.2) is 23.9 Å². The van der Waals surface area contributed by atoms with Crippen LogP contribution < -0.4 is 4.90 Å². The molecule has 41 heavy (non-hydrogen) atoms. The third-order valence-corrected chi connectivity index (χ3v) is 8.06. The number of ether oxygens (including phenoxy) is 3. The molecule has 0 radical (unpaired) electrons. The number of rotatable bonds is 9. The average Bonchev–Trinajstić information content (AvgIpc) is 3.25. The highest BCUT2D eigenvalue weighted by Crippen LogP contribution is 2.36. The highest BCUT2D eigenvalue weighted by atomic mass is 32.3. The number of likely N-dealkylation sites (tertiary alicyclic amines) is 1. The molecule has 1 aromatic heterocycles. The summed E-state index contributed by atoms with van der Waals surface area (Å²) < 4.78 is 34.8. The van der Waals surface area contributed by atoms with Crippen molar-refractivity contribution in [3.63, 3.8) is 0 Å². The van der Waals surface area contributed by atoms with Crippen LogP contribution in [-0.2, 0) is 38.8 Å². The Morgan fingerprint density at radius 1 is 1.15 bits per heavy atom. The zero-order valence-corrected chi connectivity index (χ0v) is 26.9. The number of carbonyl (C=O) groups is 2. The molecule has 0 saturated carbocycles. The normalized spacial score (nSPS) is 16.1. The van der Waals surface area contributed by atoms with E-state index in [-0.39, 0.29) is 43.7 Å². The van der Waals surface area contributed by atoms with Crippen molar-refractivity contribution < 1.29 is 28.2 Å². The van der Waals surface area contributed by atoms with E-state index in [4.69, 9.17) is 14.2 Å². The van der Waals surface area contributed by atoms with Gasteiger partial charge in [-0.05, 0) is 58.1 Å². The predicted octanol–water partition coefficient (Wildman–Crippen LogP) is 5.43. The first-order valence-corrected chi connectivity index (χ1v) is 17.2. The van der Waals surface area contributed by atoms with Crippen LogP contribution in [0.15, 0.2) is 18.3 Å².